The molecular formula is C18H25N5. The summed E-state index contributed by atoms with van der Waals surface area (Å²) in [5.74, 6) is 2.93. The van der Waals surface area contributed by atoms with Gasteiger partial charge in [-0.25, -0.2) is 0 Å². The summed E-state index contributed by atoms with van der Waals surface area (Å²) >= 11 is 0. The molecule has 2 aromatic rings. The maximum absolute atomic E-state index is 4.61. The third kappa shape index (κ3) is 3.02. The molecule has 0 spiro atoms. The van der Waals surface area contributed by atoms with E-state index < -0.39 is 0 Å². The van der Waals surface area contributed by atoms with E-state index in [-0.39, 0.29) is 0 Å². The number of aromatic nitrogens is 4. The average Bonchev–Trinajstić information content (AvgIpc) is 3.19. The molecule has 1 fully saturated rings. The van der Waals surface area contributed by atoms with Crippen molar-refractivity contribution in [2.24, 2.45) is 0 Å². The minimum Gasteiger partial charge on any atom is -0.315 e. The van der Waals surface area contributed by atoms with Crippen LogP contribution in [0.5, 0.6) is 0 Å². The van der Waals surface area contributed by atoms with Crippen molar-refractivity contribution >= 4 is 0 Å². The van der Waals surface area contributed by atoms with Crippen LogP contribution < -0.4 is 0 Å². The van der Waals surface area contributed by atoms with E-state index in [0.29, 0.717) is 5.92 Å². The van der Waals surface area contributed by atoms with Gasteiger partial charge in [0, 0.05) is 38.2 Å². The van der Waals surface area contributed by atoms with E-state index in [2.05, 4.69) is 43.7 Å². The average molecular weight is 311 g/mol. The Morgan fingerprint density at radius 2 is 2.13 bits per heavy atom. The minimum atomic E-state index is 0.526. The highest BCUT2D eigenvalue weighted by Gasteiger charge is 2.28. The number of rotatable bonds is 4. The van der Waals surface area contributed by atoms with E-state index in [1.807, 2.05) is 6.20 Å². The van der Waals surface area contributed by atoms with Crippen LogP contribution in [0, 0.1) is 0 Å². The summed E-state index contributed by atoms with van der Waals surface area (Å²) in [5, 5.41) is 8.88. The lowest BCUT2D eigenvalue weighted by atomic mass is 9.97. The summed E-state index contributed by atoms with van der Waals surface area (Å²) in [6.07, 6.45) is 7.86. The highest BCUT2D eigenvalue weighted by molar-refractivity contribution is 5.14. The standard InChI is InChI=1S/C18H25N5/c1-2-14-7-8-16(19-11-14)13-22-9-3-5-15(12-22)18-21-20-17-6-4-10-23(17)18/h7-8,11,15H,2-6,9-10,12-13H2,1H3/t15-/m0/s1. The van der Waals surface area contributed by atoms with Gasteiger partial charge in [0.25, 0.3) is 0 Å². The molecule has 5 nitrogen and oxygen atoms in total. The Hall–Kier alpha value is -1.75. The van der Waals surface area contributed by atoms with Gasteiger partial charge in [-0.2, -0.15) is 0 Å². The van der Waals surface area contributed by atoms with Gasteiger partial charge in [-0.15, -0.1) is 10.2 Å². The highest BCUT2D eigenvalue weighted by Crippen LogP contribution is 2.28. The Labute approximate surface area is 137 Å². The summed E-state index contributed by atoms with van der Waals surface area (Å²) < 4.78 is 2.36. The van der Waals surface area contributed by atoms with Gasteiger partial charge in [-0.3, -0.25) is 9.88 Å². The zero-order valence-electron chi connectivity index (χ0n) is 13.9. The van der Waals surface area contributed by atoms with Crippen LogP contribution in [0.2, 0.25) is 0 Å². The van der Waals surface area contributed by atoms with Crippen molar-refractivity contribution < 1.29 is 0 Å². The Morgan fingerprint density at radius 1 is 1.17 bits per heavy atom. The maximum atomic E-state index is 4.61. The zero-order chi connectivity index (χ0) is 15.6. The molecule has 23 heavy (non-hydrogen) atoms. The van der Waals surface area contributed by atoms with Crippen molar-refractivity contribution in [1.29, 1.82) is 0 Å². The van der Waals surface area contributed by atoms with Crippen molar-refractivity contribution in [3.63, 3.8) is 0 Å². The quantitative estimate of drug-likeness (QED) is 0.870. The molecule has 0 amide bonds. The lowest BCUT2D eigenvalue weighted by Crippen LogP contribution is -2.35. The van der Waals surface area contributed by atoms with Gasteiger partial charge in [-0.05, 0) is 43.9 Å². The summed E-state index contributed by atoms with van der Waals surface area (Å²) in [4.78, 5) is 7.14. The van der Waals surface area contributed by atoms with Crippen LogP contribution >= 0.6 is 0 Å². The van der Waals surface area contributed by atoms with Crippen molar-refractivity contribution in [3.8, 4) is 0 Å². The zero-order valence-corrected chi connectivity index (χ0v) is 13.9. The predicted molar refractivity (Wildman–Crippen MR) is 89.2 cm³/mol. The van der Waals surface area contributed by atoms with Crippen LogP contribution in [0.25, 0.3) is 0 Å². The van der Waals surface area contributed by atoms with Gasteiger partial charge in [0.05, 0.1) is 5.69 Å². The van der Waals surface area contributed by atoms with Crippen molar-refractivity contribution in [1.82, 2.24) is 24.6 Å². The van der Waals surface area contributed by atoms with Crippen LogP contribution in [0.4, 0.5) is 0 Å². The minimum absolute atomic E-state index is 0.526. The molecule has 4 rings (SSSR count). The van der Waals surface area contributed by atoms with Crippen LogP contribution in [0.3, 0.4) is 0 Å². The van der Waals surface area contributed by atoms with Crippen molar-refractivity contribution in [2.75, 3.05) is 13.1 Å². The molecule has 0 saturated carbocycles. The molecule has 0 radical (unpaired) electrons. The molecule has 0 aromatic carbocycles. The number of fused-ring (bicyclic) bond motifs is 1. The fraction of sp³-hybridized carbons (Fsp3) is 0.611. The first-order valence-electron chi connectivity index (χ1n) is 8.91. The monoisotopic (exact) mass is 311 g/mol. The molecule has 122 valence electrons. The van der Waals surface area contributed by atoms with Gasteiger partial charge in [-0.1, -0.05) is 13.0 Å². The number of hydrogen-bond acceptors (Lipinski definition) is 4. The molecule has 0 bridgehead atoms. The fourth-order valence-electron chi connectivity index (χ4n) is 3.87. The molecule has 2 aliphatic rings. The summed E-state index contributed by atoms with van der Waals surface area (Å²) in [7, 11) is 0. The molecule has 0 aliphatic carbocycles. The van der Waals surface area contributed by atoms with Crippen molar-refractivity contribution in [3.05, 3.63) is 41.2 Å². The first kappa shape index (κ1) is 14.8. The number of hydrogen-bond donors (Lipinski definition) is 0. The first-order valence-corrected chi connectivity index (χ1v) is 8.91. The first-order chi connectivity index (χ1) is 11.3. The fourth-order valence-corrected chi connectivity index (χ4v) is 3.87. The molecule has 0 N–H and O–H groups in total. The Bertz CT molecular complexity index is 661. The SMILES string of the molecule is CCc1ccc(CN2CCC[C@H](c3nnc4n3CCC4)C2)nc1. The Balaban J connectivity index is 1.44. The molecular weight excluding hydrogens is 286 g/mol. The van der Waals surface area contributed by atoms with Gasteiger partial charge in [0.1, 0.15) is 11.6 Å². The van der Waals surface area contributed by atoms with E-state index in [0.717, 1.165) is 39.0 Å². The van der Waals surface area contributed by atoms with E-state index in [1.54, 1.807) is 0 Å². The van der Waals surface area contributed by atoms with Crippen LogP contribution in [0.1, 0.15) is 55.0 Å². The second-order valence-electron chi connectivity index (χ2n) is 6.82. The molecule has 5 heteroatoms. The third-order valence-corrected chi connectivity index (χ3v) is 5.19. The number of likely N-dealkylation sites (tertiary alicyclic amines) is 1. The lowest BCUT2D eigenvalue weighted by molar-refractivity contribution is 0.192. The van der Waals surface area contributed by atoms with Crippen molar-refractivity contribution in [2.45, 2.75) is 58.0 Å². The number of nitrogens with zero attached hydrogens (tertiary/aromatic N) is 5. The predicted octanol–water partition coefficient (Wildman–Crippen LogP) is 2.56. The smallest absolute Gasteiger partial charge is 0.137 e. The van der Waals surface area contributed by atoms with Gasteiger partial charge >= 0.3 is 0 Å². The lowest BCUT2D eigenvalue weighted by Gasteiger charge is -2.32. The molecule has 2 aliphatic heterocycles. The summed E-state index contributed by atoms with van der Waals surface area (Å²) in [5.41, 5.74) is 2.48. The number of pyridine rings is 1. The molecule has 0 unspecified atom stereocenters. The number of piperidine rings is 1. The van der Waals surface area contributed by atoms with E-state index >= 15 is 0 Å². The van der Waals surface area contributed by atoms with Crippen LogP contribution in [-0.4, -0.2) is 37.7 Å². The van der Waals surface area contributed by atoms with Crippen LogP contribution in [0.15, 0.2) is 18.3 Å². The summed E-state index contributed by atoms with van der Waals surface area (Å²) in [6, 6.07) is 4.38. The van der Waals surface area contributed by atoms with E-state index in [4.69, 9.17) is 0 Å². The highest BCUT2D eigenvalue weighted by atomic mass is 15.3. The Morgan fingerprint density at radius 3 is 2.96 bits per heavy atom. The molecule has 4 heterocycles. The molecule has 2 aromatic heterocycles. The van der Waals surface area contributed by atoms with Crippen LogP contribution in [-0.2, 0) is 25.9 Å². The van der Waals surface area contributed by atoms with Gasteiger partial charge < -0.3 is 4.57 Å². The second kappa shape index (κ2) is 6.40. The van der Waals surface area contributed by atoms with Gasteiger partial charge in [0.15, 0.2) is 0 Å². The Kier molecular flexibility index (Phi) is 4.12. The topological polar surface area (TPSA) is 46.8 Å². The van der Waals surface area contributed by atoms with Gasteiger partial charge in [0.2, 0.25) is 0 Å². The molecule has 1 saturated heterocycles. The maximum Gasteiger partial charge on any atom is 0.137 e. The van der Waals surface area contributed by atoms with E-state index in [1.165, 1.54) is 42.2 Å². The number of aryl methyl sites for hydroxylation is 2. The van der Waals surface area contributed by atoms with E-state index in [9.17, 15) is 0 Å². The normalized spacial score (nSPS) is 21.5. The molecule has 1 atom stereocenters. The largest absolute Gasteiger partial charge is 0.315 e. The third-order valence-electron chi connectivity index (χ3n) is 5.19. The summed E-state index contributed by atoms with van der Waals surface area (Å²) in [6.45, 7) is 6.46. The second-order valence-corrected chi connectivity index (χ2v) is 6.82.